The van der Waals surface area contributed by atoms with Gasteiger partial charge >= 0.3 is 5.97 Å². The summed E-state index contributed by atoms with van der Waals surface area (Å²) >= 11 is 0. The zero-order valence-corrected chi connectivity index (χ0v) is 38.5. The van der Waals surface area contributed by atoms with E-state index in [-0.39, 0.29) is 90.1 Å². The van der Waals surface area contributed by atoms with E-state index in [1.807, 2.05) is 0 Å². The Morgan fingerprint density at radius 1 is 0.580 bits per heavy atom. The molecule has 396 valence electrons. The van der Waals surface area contributed by atoms with Gasteiger partial charge in [-0.05, 0) is 38.5 Å². The van der Waals surface area contributed by atoms with Crippen LogP contribution in [0.4, 0.5) is 0 Å². The molecule has 0 saturated carbocycles. The summed E-state index contributed by atoms with van der Waals surface area (Å²) in [5.74, 6) is -3.97. The monoisotopic (exact) mass is 998 g/mol. The molecular formula is C43H70N2O24. The standard InChI is InChI=1S/C43H70N2O24/c1-22-32(54)35(57)38(60)41(66-22)63-13-6-8-25(49)17-44(16-24(48)7-4-2-3-5-9-31(53)69-45-29(51)10-11-30(45)52)18-26(50)15-23(21-65-43-40(62)37(59)34(56)28(20-47)68-43)12-14-64-42-39(61)36(58)33(55)27(19-46)67-42/h22-23,27-28,32-43,46-47,54-62H,2-21H2,1H3/t22-,23?,27+,28+,32+,33+,34+,35+,36-,37-,38-,39-,40-,41+,42-,43-/m0/s1. The van der Waals surface area contributed by atoms with Crippen molar-refractivity contribution in [3.05, 3.63) is 0 Å². The van der Waals surface area contributed by atoms with E-state index in [2.05, 4.69) is 0 Å². The maximum absolute atomic E-state index is 13.8. The fraction of sp³-hybridized carbons (Fsp3) is 0.860. The first kappa shape index (κ1) is 58.5. The number of amides is 2. The van der Waals surface area contributed by atoms with Crippen LogP contribution >= 0.6 is 0 Å². The van der Waals surface area contributed by atoms with Gasteiger partial charge in [-0.1, -0.05) is 12.8 Å². The van der Waals surface area contributed by atoms with E-state index in [0.717, 1.165) is 0 Å². The number of unbranched alkanes of at least 4 members (excludes halogenated alkanes) is 3. The number of imide groups is 1. The fourth-order valence-electron chi connectivity index (χ4n) is 8.07. The van der Waals surface area contributed by atoms with Gasteiger partial charge in [0.15, 0.2) is 18.9 Å². The summed E-state index contributed by atoms with van der Waals surface area (Å²) in [5, 5.41) is 112. The van der Waals surface area contributed by atoms with E-state index in [4.69, 9.17) is 33.3 Å². The van der Waals surface area contributed by atoms with Crippen molar-refractivity contribution in [3.8, 4) is 0 Å². The van der Waals surface area contributed by atoms with Crippen molar-refractivity contribution in [2.45, 2.75) is 176 Å². The molecule has 69 heavy (non-hydrogen) atoms. The van der Waals surface area contributed by atoms with Crippen LogP contribution in [0.15, 0.2) is 0 Å². The average Bonchev–Trinajstić information content (AvgIpc) is 3.63. The van der Waals surface area contributed by atoms with Gasteiger partial charge in [0.25, 0.3) is 11.8 Å². The van der Waals surface area contributed by atoms with Crippen LogP contribution < -0.4 is 0 Å². The Labute approximate surface area is 397 Å². The summed E-state index contributed by atoms with van der Waals surface area (Å²) in [6.07, 6.45) is -21.3. The molecule has 0 aromatic heterocycles. The maximum Gasteiger partial charge on any atom is 0.333 e. The minimum Gasteiger partial charge on any atom is -0.394 e. The Bertz CT molecular complexity index is 1640. The number of hydrogen-bond acceptors (Lipinski definition) is 25. The highest BCUT2D eigenvalue weighted by Crippen LogP contribution is 2.26. The van der Waals surface area contributed by atoms with Gasteiger partial charge in [0.1, 0.15) is 84.5 Å². The normalized spacial score (nSPS) is 33.5. The van der Waals surface area contributed by atoms with Crippen molar-refractivity contribution in [3.63, 3.8) is 0 Å². The van der Waals surface area contributed by atoms with E-state index in [1.165, 1.54) is 11.8 Å². The first-order chi connectivity index (χ1) is 32.7. The van der Waals surface area contributed by atoms with Crippen LogP contribution in [0.25, 0.3) is 0 Å². The van der Waals surface area contributed by atoms with Crippen LogP contribution in [0.5, 0.6) is 0 Å². The number of nitrogens with zero attached hydrogens (tertiary/aromatic N) is 2. The fourth-order valence-corrected chi connectivity index (χ4v) is 8.07. The summed E-state index contributed by atoms with van der Waals surface area (Å²) in [5.41, 5.74) is 0. The second kappa shape index (κ2) is 28.8. The molecule has 4 aliphatic rings. The highest BCUT2D eigenvalue weighted by atomic mass is 16.7. The van der Waals surface area contributed by atoms with Crippen molar-refractivity contribution in [2.24, 2.45) is 5.92 Å². The molecule has 0 bridgehead atoms. The zero-order chi connectivity index (χ0) is 50.9. The molecule has 16 atom stereocenters. The number of carbonyl (C=O) groups is 6. The smallest absolute Gasteiger partial charge is 0.333 e. The first-order valence-electron chi connectivity index (χ1n) is 23.3. The summed E-state index contributed by atoms with van der Waals surface area (Å²) in [6, 6.07) is 0. The minimum atomic E-state index is -1.78. The third kappa shape index (κ3) is 17.6. The van der Waals surface area contributed by atoms with Crippen molar-refractivity contribution >= 4 is 35.1 Å². The molecule has 0 spiro atoms. The third-order valence-electron chi connectivity index (χ3n) is 12.2. The van der Waals surface area contributed by atoms with Gasteiger partial charge in [-0.3, -0.25) is 28.9 Å². The van der Waals surface area contributed by atoms with Gasteiger partial charge in [0.05, 0.1) is 58.8 Å². The van der Waals surface area contributed by atoms with Gasteiger partial charge < -0.3 is 89.4 Å². The Balaban J connectivity index is 1.36. The summed E-state index contributed by atoms with van der Waals surface area (Å²) in [6.45, 7) is -1.84. The minimum absolute atomic E-state index is 0.0354. The SMILES string of the molecule is C[C@@H]1O[C@@H](OCCCC(=O)CN(CC(=O)CCCCCCC(=O)ON2C(=O)CCC2=O)CC(=O)CC(CCO[C@H]2O[C@H](CO)[C@@H](O)[C@H](O)[C@@H]2O)CO[C@H]2O[C@H](CO)[C@@H](O)[C@H](O)[C@@H]2O)[C@@H](O)[C@H](O)[C@@H]1O. The predicted molar refractivity (Wildman–Crippen MR) is 226 cm³/mol. The van der Waals surface area contributed by atoms with E-state index < -0.39 is 147 Å². The number of ether oxygens (including phenoxy) is 6. The molecule has 2 amide bonds. The highest BCUT2D eigenvalue weighted by Gasteiger charge is 2.46. The molecular weight excluding hydrogens is 928 g/mol. The van der Waals surface area contributed by atoms with Gasteiger partial charge in [0.2, 0.25) is 0 Å². The lowest BCUT2D eigenvalue weighted by atomic mass is 9.98. The van der Waals surface area contributed by atoms with Crippen molar-refractivity contribution in [2.75, 3.05) is 52.7 Å². The van der Waals surface area contributed by atoms with E-state index in [0.29, 0.717) is 30.7 Å². The predicted octanol–water partition coefficient (Wildman–Crippen LogP) is -5.40. The maximum atomic E-state index is 13.8. The molecule has 26 heteroatoms. The Morgan fingerprint density at radius 3 is 1.59 bits per heavy atom. The van der Waals surface area contributed by atoms with E-state index >= 15 is 0 Å². The Morgan fingerprint density at radius 2 is 1.04 bits per heavy atom. The van der Waals surface area contributed by atoms with E-state index in [9.17, 15) is 84.9 Å². The van der Waals surface area contributed by atoms with Gasteiger partial charge in [0, 0.05) is 38.5 Å². The number of aliphatic hydroxyl groups excluding tert-OH is 11. The van der Waals surface area contributed by atoms with Gasteiger partial charge in [-0.15, -0.1) is 5.06 Å². The van der Waals surface area contributed by atoms with Crippen LogP contribution in [-0.2, 0) is 62.0 Å². The zero-order valence-electron chi connectivity index (χ0n) is 38.5. The molecule has 11 N–H and O–H groups in total. The molecule has 4 fully saturated rings. The summed E-state index contributed by atoms with van der Waals surface area (Å²) < 4.78 is 33.1. The van der Waals surface area contributed by atoms with Crippen molar-refractivity contribution in [1.82, 2.24) is 9.96 Å². The molecule has 4 saturated heterocycles. The number of rotatable bonds is 30. The molecule has 0 radical (unpaired) electrons. The number of ketones is 3. The van der Waals surface area contributed by atoms with Crippen LogP contribution in [0, 0.1) is 5.92 Å². The van der Waals surface area contributed by atoms with Crippen molar-refractivity contribution < 1.29 is 118 Å². The topological polar surface area (TPSA) is 396 Å². The summed E-state index contributed by atoms with van der Waals surface area (Å²) in [7, 11) is 0. The average molecular weight is 999 g/mol. The molecule has 1 unspecified atom stereocenters. The lowest BCUT2D eigenvalue weighted by molar-refractivity contribution is -0.306. The largest absolute Gasteiger partial charge is 0.394 e. The second-order valence-corrected chi connectivity index (χ2v) is 17.8. The molecule has 4 aliphatic heterocycles. The number of hydroxylamine groups is 2. The van der Waals surface area contributed by atoms with Gasteiger partial charge in [-0.25, -0.2) is 4.79 Å². The molecule has 0 aromatic rings. The van der Waals surface area contributed by atoms with Crippen LogP contribution in [0.2, 0.25) is 0 Å². The lowest BCUT2D eigenvalue weighted by Crippen LogP contribution is -2.59. The van der Waals surface area contributed by atoms with E-state index in [1.54, 1.807) is 0 Å². The highest BCUT2D eigenvalue weighted by molar-refractivity contribution is 6.01. The molecule has 4 rings (SSSR count). The first-order valence-corrected chi connectivity index (χ1v) is 23.3. The third-order valence-corrected chi connectivity index (χ3v) is 12.2. The lowest BCUT2D eigenvalue weighted by Gasteiger charge is -2.40. The molecule has 4 heterocycles. The molecule has 0 aliphatic carbocycles. The Kier molecular flexibility index (Phi) is 24.4. The van der Waals surface area contributed by atoms with Crippen LogP contribution in [0.3, 0.4) is 0 Å². The second-order valence-electron chi connectivity index (χ2n) is 17.8. The Hall–Kier alpha value is -3.10. The number of hydrogen-bond donors (Lipinski definition) is 11. The molecule has 26 nitrogen and oxygen atoms in total. The van der Waals surface area contributed by atoms with Crippen LogP contribution in [-0.4, -0.2) is 246 Å². The number of aliphatic hydroxyl groups is 11. The van der Waals surface area contributed by atoms with Gasteiger partial charge in [-0.2, -0.15) is 0 Å². The number of Topliss-reactive ketones (excluding diaryl/α,β-unsaturated/α-hetero) is 3. The van der Waals surface area contributed by atoms with Crippen LogP contribution in [0.1, 0.15) is 84.0 Å². The number of carbonyl (C=O) groups excluding carboxylic acids is 6. The molecule has 0 aromatic carbocycles. The summed E-state index contributed by atoms with van der Waals surface area (Å²) in [4.78, 5) is 82.1. The quantitative estimate of drug-likeness (QED) is 0.0236. The van der Waals surface area contributed by atoms with Crippen molar-refractivity contribution in [1.29, 1.82) is 0 Å².